The lowest BCUT2D eigenvalue weighted by Gasteiger charge is -2.38. The molecule has 1 saturated heterocycles. The van der Waals surface area contributed by atoms with Crippen molar-refractivity contribution in [3.8, 4) is 5.69 Å². The molecule has 3 heterocycles. The van der Waals surface area contributed by atoms with Crippen molar-refractivity contribution in [1.82, 2.24) is 14.7 Å². The summed E-state index contributed by atoms with van der Waals surface area (Å²) in [7, 11) is 0. The van der Waals surface area contributed by atoms with Crippen LogP contribution in [0.5, 0.6) is 0 Å². The van der Waals surface area contributed by atoms with Crippen molar-refractivity contribution in [2.75, 3.05) is 25.0 Å². The topological polar surface area (TPSA) is 76.5 Å². The Labute approximate surface area is 174 Å². The lowest BCUT2D eigenvalue weighted by Crippen LogP contribution is -2.45. The molecule has 1 spiro atoms. The van der Waals surface area contributed by atoms with Gasteiger partial charge in [0.2, 0.25) is 5.91 Å². The molecular weight excluding hydrogens is 380 g/mol. The predicted octanol–water partition coefficient (Wildman–Crippen LogP) is 2.97. The summed E-state index contributed by atoms with van der Waals surface area (Å²) in [6.07, 6.45) is 3.19. The number of carbonyl (C=O) groups excluding carboxylic acids is 2. The quantitative estimate of drug-likeness (QED) is 0.679. The van der Waals surface area contributed by atoms with Crippen molar-refractivity contribution in [1.29, 1.82) is 0 Å². The van der Waals surface area contributed by atoms with Gasteiger partial charge in [-0.1, -0.05) is 36.4 Å². The molecule has 0 saturated carbocycles. The third-order valence-electron chi connectivity index (χ3n) is 5.83. The van der Waals surface area contributed by atoms with Crippen LogP contribution in [0.2, 0.25) is 0 Å². The third-order valence-corrected chi connectivity index (χ3v) is 5.83. The molecule has 30 heavy (non-hydrogen) atoms. The number of hydrogen-bond acceptors (Lipinski definition) is 5. The highest BCUT2D eigenvalue weighted by Gasteiger charge is 2.47. The number of para-hydroxylation sites is 1. The molecule has 1 aromatic heterocycles. The number of aromatic nitrogens is 2. The zero-order valence-corrected chi connectivity index (χ0v) is 16.5. The van der Waals surface area contributed by atoms with E-state index in [-0.39, 0.29) is 18.4 Å². The molecule has 0 unspecified atom stereocenters. The van der Waals surface area contributed by atoms with Crippen LogP contribution < -0.4 is 5.32 Å². The minimum Gasteiger partial charge on any atom is -0.450 e. The number of fused-ring (bicyclic) bond motifs is 2. The lowest BCUT2D eigenvalue weighted by atomic mass is 9.84. The first-order valence-corrected chi connectivity index (χ1v) is 10.1. The van der Waals surface area contributed by atoms with Gasteiger partial charge in [-0.25, -0.2) is 9.48 Å². The molecule has 3 aromatic rings. The molecule has 7 nitrogen and oxygen atoms in total. The Morgan fingerprint density at radius 1 is 1.03 bits per heavy atom. The van der Waals surface area contributed by atoms with E-state index < -0.39 is 5.60 Å². The molecule has 0 bridgehead atoms. The summed E-state index contributed by atoms with van der Waals surface area (Å²) in [5.74, 6) is 0.176. The number of esters is 1. The minimum absolute atomic E-state index is 0.104. The summed E-state index contributed by atoms with van der Waals surface area (Å²) in [4.78, 5) is 26.8. The smallest absolute Gasteiger partial charge is 0.339 e. The van der Waals surface area contributed by atoms with Gasteiger partial charge in [0.1, 0.15) is 5.60 Å². The molecule has 7 heteroatoms. The second kappa shape index (κ2) is 7.42. The minimum atomic E-state index is -0.547. The lowest BCUT2D eigenvalue weighted by molar-refractivity contribution is -0.118. The normalized spacial score (nSPS) is 17.5. The summed E-state index contributed by atoms with van der Waals surface area (Å²) < 4.78 is 7.50. The van der Waals surface area contributed by atoms with Crippen LogP contribution in [0.25, 0.3) is 5.69 Å². The molecule has 1 N–H and O–H groups in total. The fourth-order valence-electron chi connectivity index (χ4n) is 4.29. The highest BCUT2D eigenvalue weighted by atomic mass is 16.6. The first kappa shape index (κ1) is 18.6. The average Bonchev–Trinajstić information content (AvgIpc) is 3.34. The predicted molar refractivity (Wildman–Crippen MR) is 111 cm³/mol. The summed E-state index contributed by atoms with van der Waals surface area (Å²) >= 11 is 0. The van der Waals surface area contributed by atoms with Gasteiger partial charge < -0.3 is 10.1 Å². The summed E-state index contributed by atoms with van der Waals surface area (Å²) in [6, 6.07) is 19.1. The van der Waals surface area contributed by atoms with Gasteiger partial charge in [-0.2, -0.15) is 5.10 Å². The molecule has 2 aliphatic rings. The maximum absolute atomic E-state index is 12.5. The number of rotatable bonds is 4. The highest BCUT2D eigenvalue weighted by molar-refractivity contribution is 5.94. The van der Waals surface area contributed by atoms with E-state index in [0.717, 1.165) is 11.3 Å². The van der Waals surface area contributed by atoms with Gasteiger partial charge in [-0.3, -0.25) is 9.69 Å². The second-order valence-corrected chi connectivity index (χ2v) is 7.73. The van der Waals surface area contributed by atoms with Crippen LogP contribution >= 0.6 is 0 Å². The Bertz CT molecular complexity index is 1080. The number of hydrogen-bond donors (Lipinski definition) is 1. The van der Waals surface area contributed by atoms with Gasteiger partial charge in [0, 0.05) is 43.8 Å². The van der Waals surface area contributed by atoms with Crippen LogP contribution in [-0.4, -0.2) is 46.2 Å². The Hall–Kier alpha value is -3.45. The van der Waals surface area contributed by atoms with Crippen molar-refractivity contribution < 1.29 is 14.3 Å². The number of nitrogens with one attached hydrogen (secondary N) is 1. The van der Waals surface area contributed by atoms with E-state index in [1.54, 1.807) is 10.7 Å². The maximum atomic E-state index is 12.5. The first-order chi connectivity index (χ1) is 14.6. The first-order valence-electron chi connectivity index (χ1n) is 10.1. The van der Waals surface area contributed by atoms with E-state index in [1.807, 2.05) is 60.8 Å². The number of likely N-dealkylation sites (tertiary alicyclic amines) is 1. The van der Waals surface area contributed by atoms with Gasteiger partial charge in [0.15, 0.2) is 5.82 Å². The van der Waals surface area contributed by atoms with Crippen molar-refractivity contribution in [2.45, 2.75) is 18.4 Å². The van der Waals surface area contributed by atoms with E-state index in [0.29, 0.717) is 37.3 Å². The van der Waals surface area contributed by atoms with Crippen LogP contribution in [0.4, 0.5) is 5.82 Å². The largest absolute Gasteiger partial charge is 0.450 e. The molecule has 0 radical (unpaired) electrons. The van der Waals surface area contributed by atoms with E-state index in [1.165, 1.54) is 0 Å². The number of anilines is 1. The fourth-order valence-corrected chi connectivity index (χ4v) is 4.29. The van der Waals surface area contributed by atoms with Crippen LogP contribution in [0.3, 0.4) is 0 Å². The molecule has 5 rings (SSSR count). The molecule has 0 aliphatic carbocycles. The summed E-state index contributed by atoms with van der Waals surface area (Å²) in [5.41, 5.74) is 2.03. The molecule has 2 aromatic carbocycles. The summed E-state index contributed by atoms with van der Waals surface area (Å²) in [6.45, 7) is 1.66. The molecule has 1 amide bonds. The van der Waals surface area contributed by atoms with Crippen molar-refractivity contribution in [3.05, 3.63) is 78.0 Å². The average molecular weight is 402 g/mol. The van der Waals surface area contributed by atoms with E-state index in [2.05, 4.69) is 15.3 Å². The Balaban J connectivity index is 1.18. The Morgan fingerprint density at radius 2 is 1.77 bits per heavy atom. The maximum Gasteiger partial charge on any atom is 0.339 e. The monoisotopic (exact) mass is 402 g/mol. The van der Waals surface area contributed by atoms with Crippen LogP contribution in [0.15, 0.2) is 66.9 Å². The van der Waals surface area contributed by atoms with Crippen molar-refractivity contribution in [3.63, 3.8) is 0 Å². The zero-order chi connectivity index (χ0) is 20.6. The van der Waals surface area contributed by atoms with E-state index in [4.69, 9.17) is 4.74 Å². The summed E-state index contributed by atoms with van der Waals surface area (Å²) in [5, 5.41) is 7.28. The standard InChI is InChI=1S/C23H22N4O3/c28-21(24-20-10-13-27(25-20)17-6-2-1-3-7-17)16-26-14-11-23(12-15-26)19-9-5-4-8-18(19)22(29)30-23/h1-10,13H,11-12,14-16H2,(H,24,25,28). The number of nitrogens with zero attached hydrogens (tertiary/aromatic N) is 3. The second-order valence-electron chi connectivity index (χ2n) is 7.73. The highest BCUT2D eigenvalue weighted by Crippen LogP contribution is 2.43. The van der Waals surface area contributed by atoms with Gasteiger partial charge in [0.25, 0.3) is 0 Å². The van der Waals surface area contributed by atoms with Gasteiger partial charge in [-0.05, 0) is 18.2 Å². The van der Waals surface area contributed by atoms with Crippen molar-refractivity contribution >= 4 is 17.7 Å². The number of benzene rings is 2. The fraction of sp³-hybridized carbons (Fsp3) is 0.261. The Morgan fingerprint density at radius 3 is 2.57 bits per heavy atom. The van der Waals surface area contributed by atoms with Gasteiger partial charge in [0.05, 0.1) is 17.8 Å². The molecule has 2 aliphatic heterocycles. The van der Waals surface area contributed by atoms with Crippen LogP contribution in [0.1, 0.15) is 28.8 Å². The SMILES string of the molecule is O=C(CN1CCC2(CC1)OC(=O)c1ccccc12)Nc1ccn(-c2ccccc2)n1. The number of amides is 1. The van der Waals surface area contributed by atoms with Crippen LogP contribution in [0, 0.1) is 0 Å². The van der Waals surface area contributed by atoms with Gasteiger partial charge >= 0.3 is 5.97 Å². The molecule has 152 valence electrons. The molecular formula is C23H22N4O3. The van der Waals surface area contributed by atoms with Crippen molar-refractivity contribution in [2.24, 2.45) is 0 Å². The van der Waals surface area contributed by atoms with E-state index >= 15 is 0 Å². The van der Waals surface area contributed by atoms with Crippen LogP contribution in [-0.2, 0) is 15.1 Å². The zero-order valence-electron chi connectivity index (χ0n) is 16.5. The third kappa shape index (κ3) is 3.37. The molecule has 1 fully saturated rings. The van der Waals surface area contributed by atoms with E-state index in [9.17, 15) is 9.59 Å². The number of ether oxygens (including phenoxy) is 1. The number of carbonyl (C=O) groups is 2. The Kier molecular flexibility index (Phi) is 4.59. The van der Waals surface area contributed by atoms with Gasteiger partial charge in [-0.15, -0.1) is 0 Å². The number of piperidine rings is 1. The molecule has 0 atom stereocenters.